The highest BCUT2D eigenvalue weighted by Crippen LogP contribution is 2.22. The van der Waals surface area contributed by atoms with E-state index in [0.29, 0.717) is 5.69 Å². The van der Waals surface area contributed by atoms with Crippen LogP contribution in [0.3, 0.4) is 0 Å². The molecule has 0 aliphatic heterocycles. The molecule has 0 spiro atoms. The van der Waals surface area contributed by atoms with Gasteiger partial charge in [-0.2, -0.15) is 0 Å². The van der Waals surface area contributed by atoms with Crippen LogP contribution in [0.1, 0.15) is 20.8 Å². The van der Waals surface area contributed by atoms with Gasteiger partial charge < -0.3 is 15.7 Å². The Morgan fingerprint density at radius 2 is 1.76 bits per heavy atom. The first-order chi connectivity index (χ1) is 7.73. The fraction of sp³-hybridized carbons (Fsp3) is 0.462. The van der Waals surface area contributed by atoms with Crippen LogP contribution in [0.2, 0.25) is 0 Å². The number of aromatic hydroxyl groups is 1. The van der Waals surface area contributed by atoms with Crippen molar-refractivity contribution in [3.05, 3.63) is 24.3 Å². The molecular formula is C13H20N2O2. The lowest BCUT2D eigenvalue weighted by Crippen LogP contribution is -2.49. The number of rotatable bonds is 2. The van der Waals surface area contributed by atoms with Crippen molar-refractivity contribution in [2.75, 3.05) is 11.9 Å². The SMILES string of the molecule is CN(C(=O)[C@H](N)C(C)(C)C)c1ccc(O)cc1. The van der Waals surface area contributed by atoms with Gasteiger partial charge in [0.2, 0.25) is 5.91 Å². The number of likely N-dealkylation sites (N-methyl/N-ethyl adjacent to an activating group) is 1. The highest BCUT2D eigenvalue weighted by Gasteiger charge is 2.30. The number of amides is 1. The second-order valence-electron chi connectivity index (χ2n) is 5.26. The average Bonchev–Trinajstić information content (AvgIpc) is 2.26. The Labute approximate surface area is 102 Å². The summed E-state index contributed by atoms with van der Waals surface area (Å²) in [7, 11) is 1.68. The molecule has 0 aliphatic carbocycles. The predicted molar refractivity (Wildman–Crippen MR) is 68.9 cm³/mol. The molecule has 0 saturated carbocycles. The molecule has 4 heteroatoms. The van der Waals surface area contributed by atoms with Gasteiger partial charge in [0.15, 0.2) is 0 Å². The highest BCUT2D eigenvalue weighted by atomic mass is 16.3. The summed E-state index contributed by atoms with van der Waals surface area (Å²) in [5, 5.41) is 9.19. The number of phenols is 1. The standard InChI is InChI=1S/C13H20N2O2/c1-13(2,3)11(14)12(17)15(4)9-5-7-10(16)8-6-9/h5-8,11,16H,14H2,1-4H3/t11-/m0/s1. The number of hydrogen-bond acceptors (Lipinski definition) is 3. The van der Waals surface area contributed by atoms with E-state index in [1.165, 1.54) is 4.90 Å². The predicted octanol–water partition coefficient (Wildman–Crippen LogP) is 1.73. The quantitative estimate of drug-likeness (QED) is 0.821. The highest BCUT2D eigenvalue weighted by molar-refractivity contribution is 5.97. The molecule has 0 fully saturated rings. The van der Waals surface area contributed by atoms with Crippen LogP contribution in [0.5, 0.6) is 5.75 Å². The van der Waals surface area contributed by atoms with Crippen molar-refractivity contribution in [1.82, 2.24) is 0 Å². The molecule has 0 radical (unpaired) electrons. The number of nitrogens with zero attached hydrogens (tertiary/aromatic N) is 1. The molecule has 1 rings (SSSR count). The summed E-state index contributed by atoms with van der Waals surface area (Å²) in [5.41, 5.74) is 6.36. The second-order valence-corrected chi connectivity index (χ2v) is 5.26. The second kappa shape index (κ2) is 4.75. The molecule has 1 atom stereocenters. The van der Waals surface area contributed by atoms with Gasteiger partial charge in [0.1, 0.15) is 5.75 Å². The topological polar surface area (TPSA) is 66.6 Å². The van der Waals surface area contributed by atoms with Crippen LogP contribution >= 0.6 is 0 Å². The van der Waals surface area contributed by atoms with Crippen molar-refractivity contribution >= 4 is 11.6 Å². The smallest absolute Gasteiger partial charge is 0.244 e. The summed E-state index contributed by atoms with van der Waals surface area (Å²) >= 11 is 0. The Hall–Kier alpha value is -1.55. The summed E-state index contributed by atoms with van der Waals surface area (Å²) in [6.45, 7) is 5.79. The van der Waals surface area contributed by atoms with E-state index in [1.54, 1.807) is 31.3 Å². The van der Waals surface area contributed by atoms with E-state index in [1.807, 2.05) is 20.8 Å². The zero-order valence-electron chi connectivity index (χ0n) is 10.8. The number of carbonyl (C=O) groups excluding carboxylic acids is 1. The van der Waals surface area contributed by atoms with Crippen molar-refractivity contribution < 1.29 is 9.90 Å². The van der Waals surface area contributed by atoms with E-state index < -0.39 is 6.04 Å². The normalized spacial score (nSPS) is 13.2. The minimum atomic E-state index is -0.554. The molecule has 1 aromatic rings. The van der Waals surface area contributed by atoms with Gasteiger partial charge in [-0.3, -0.25) is 4.79 Å². The number of phenolic OH excluding ortho intramolecular Hbond substituents is 1. The molecule has 0 saturated heterocycles. The molecule has 0 bridgehead atoms. The molecule has 3 N–H and O–H groups in total. The fourth-order valence-corrected chi connectivity index (χ4v) is 1.38. The molecule has 94 valence electrons. The van der Waals surface area contributed by atoms with Crippen LogP contribution in [0.4, 0.5) is 5.69 Å². The first-order valence-corrected chi connectivity index (χ1v) is 5.55. The summed E-state index contributed by atoms with van der Waals surface area (Å²) in [4.78, 5) is 13.6. The van der Waals surface area contributed by atoms with Gasteiger partial charge in [0, 0.05) is 12.7 Å². The van der Waals surface area contributed by atoms with E-state index in [2.05, 4.69) is 0 Å². The van der Waals surface area contributed by atoms with Crippen LogP contribution < -0.4 is 10.6 Å². The Morgan fingerprint density at radius 1 is 1.29 bits per heavy atom. The Morgan fingerprint density at radius 3 is 2.18 bits per heavy atom. The minimum Gasteiger partial charge on any atom is -0.508 e. The van der Waals surface area contributed by atoms with Crippen LogP contribution in [-0.2, 0) is 4.79 Å². The lowest BCUT2D eigenvalue weighted by molar-refractivity contribution is -0.121. The Balaban J connectivity index is 2.87. The number of hydrogen-bond donors (Lipinski definition) is 2. The number of anilines is 1. The van der Waals surface area contributed by atoms with Crippen molar-refractivity contribution in [1.29, 1.82) is 0 Å². The lowest BCUT2D eigenvalue weighted by atomic mass is 9.86. The van der Waals surface area contributed by atoms with E-state index in [4.69, 9.17) is 5.73 Å². The summed E-state index contributed by atoms with van der Waals surface area (Å²) < 4.78 is 0. The maximum absolute atomic E-state index is 12.1. The Bertz CT molecular complexity index is 393. The van der Waals surface area contributed by atoms with Gasteiger partial charge in [-0.05, 0) is 29.7 Å². The summed E-state index contributed by atoms with van der Waals surface area (Å²) in [6, 6.07) is 5.90. The lowest BCUT2D eigenvalue weighted by Gasteiger charge is -2.30. The minimum absolute atomic E-state index is 0.136. The maximum Gasteiger partial charge on any atom is 0.244 e. The summed E-state index contributed by atoms with van der Waals surface area (Å²) in [5.74, 6) is 0.0397. The molecule has 17 heavy (non-hydrogen) atoms. The maximum atomic E-state index is 12.1. The third kappa shape index (κ3) is 3.20. The molecule has 1 aromatic carbocycles. The van der Waals surface area contributed by atoms with Gasteiger partial charge in [-0.15, -0.1) is 0 Å². The zero-order valence-corrected chi connectivity index (χ0v) is 10.8. The van der Waals surface area contributed by atoms with Crippen LogP contribution in [0.25, 0.3) is 0 Å². The zero-order chi connectivity index (χ0) is 13.2. The van der Waals surface area contributed by atoms with Crippen LogP contribution in [0.15, 0.2) is 24.3 Å². The third-order valence-corrected chi connectivity index (χ3v) is 2.77. The molecule has 1 amide bonds. The monoisotopic (exact) mass is 236 g/mol. The van der Waals surface area contributed by atoms with Gasteiger partial charge in [-0.1, -0.05) is 20.8 Å². The van der Waals surface area contributed by atoms with Crippen molar-refractivity contribution in [2.45, 2.75) is 26.8 Å². The third-order valence-electron chi connectivity index (χ3n) is 2.77. The fourth-order valence-electron chi connectivity index (χ4n) is 1.38. The van der Waals surface area contributed by atoms with Crippen molar-refractivity contribution in [3.8, 4) is 5.75 Å². The van der Waals surface area contributed by atoms with Gasteiger partial charge in [0.05, 0.1) is 6.04 Å². The molecule has 0 aromatic heterocycles. The first kappa shape index (κ1) is 13.5. The number of nitrogens with two attached hydrogens (primary N) is 1. The van der Waals surface area contributed by atoms with Gasteiger partial charge in [-0.25, -0.2) is 0 Å². The molecular weight excluding hydrogens is 216 g/mol. The number of benzene rings is 1. The number of carbonyl (C=O) groups is 1. The molecule has 4 nitrogen and oxygen atoms in total. The first-order valence-electron chi connectivity index (χ1n) is 5.55. The molecule has 0 aliphatic rings. The average molecular weight is 236 g/mol. The molecule has 0 unspecified atom stereocenters. The van der Waals surface area contributed by atoms with E-state index in [9.17, 15) is 9.90 Å². The summed E-state index contributed by atoms with van der Waals surface area (Å²) in [6.07, 6.45) is 0. The molecule has 0 heterocycles. The van der Waals surface area contributed by atoms with Crippen LogP contribution in [-0.4, -0.2) is 24.1 Å². The van der Waals surface area contributed by atoms with Crippen LogP contribution in [0, 0.1) is 5.41 Å². The van der Waals surface area contributed by atoms with E-state index in [0.717, 1.165) is 0 Å². The Kier molecular flexibility index (Phi) is 3.78. The van der Waals surface area contributed by atoms with Crippen molar-refractivity contribution in [2.24, 2.45) is 11.1 Å². The largest absolute Gasteiger partial charge is 0.508 e. The van der Waals surface area contributed by atoms with E-state index >= 15 is 0 Å². The van der Waals surface area contributed by atoms with Crippen molar-refractivity contribution in [3.63, 3.8) is 0 Å². The van der Waals surface area contributed by atoms with E-state index in [-0.39, 0.29) is 17.1 Å². The van der Waals surface area contributed by atoms with Gasteiger partial charge in [0.25, 0.3) is 0 Å². The van der Waals surface area contributed by atoms with Gasteiger partial charge >= 0.3 is 0 Å².